The lowest BCUT2D eigenvalue weighted by Gasteiger charge is -2.25. The monoisotopic (exact) mass is 421 g/mol. The van der Waals surface area contributed by atoms with E-state index in [1.807, 2.05) is 44.2 Å². The molecule has 0 unspecified atom stereocenters. The van der Waals surface area contributed by atoms with Crippen LogP contribution in [-0.2, 0) is 24.2 Å². The minimum atomic E-state index is -3.11. The van der Waals surface area contributed by atoms with Crippen LogP contribution in [0.3, 0.4) is 0 Å². The fraction of sp³-hybridized carbons (Fsp3) is 0.550. The summed E-state index contributed by atoms with van der Waals surface area (Å²) >= 11 is 0. The van der Waals surface area contributed by atoms with Gasteiger partial charge in [-0.25, -0.2) is 8.42 Å². The number of sulfone groups is 1. The number of nitrogens with zero attached hydrogens (tertiary/aromatic N) is 1. The van der Waals surface area contributed by atoms with Gasteiger partial charge in [0.2, 0.25) is 17.7 Å². The molecule has 1 aromatic rings. The first kappa shape index (κ1) is 21.3. The summed E-state index contributed by atoms with van der Waals surface area (Å²) < 4.78 is 23.2. The largest absolute Gasteiger partial charge is 0.351 e. The van der Waals surface area contributed by atoms with Gasteiger partial charge >= 0.3 is 0 Å². The van der Waals surface area contributed by atoms with Crippen LogP contribution in [0.5, 0.6) is 0 Å². The molecule has 2 fully saturated rings. The van der Waals surface area contributed by atoms with Gasteiger partial charge in [-0.05, 0) is 24.5 Å². The molecule has 158 valence electrons. The maximum Gasteiger partial charge on any atom is 0.243 e. The third-order valence-electron chi connectivity index (χ3n) is 5.39. The van der Waals surface area contributed by atoms with Gasteiger partial charge in [0.1, 0.15) is 6.04 Å². The molecule has 0 bridgehead atoms. The third-order valence-corrected chi connectivity index (χ3v) is 7.16. The Balaban J connectivity index is 1.61. The van der Waals surface area contributed by atoms with E-state index < -0.39 is 27.8 Å². The number of benzene rings is 1. The average Bonchev–Trinajstić information content (AvgIpc) is 3.21. The van der Waals surface area contributed by atoms with Crippen molar-refractivity contribution in [3.8, 4) is 0 Å². The zero-order chi connectivity index (χ0) is 21.2. The van der Waals surface area contributed by atoms with Gasteiger partial charge in [-0.1, -0.05) is 32.0 Å². The number of para-hydroxylation sites is 1. The van der Waals surface area contributed by atoms with Crippen LogP contribution < -0.4 is 15.5 Å². The van der Waals surface area contributed by atoms with Gasteiger partial charge in [0.05, 0.1) is 17.4 Å². The SMILES string of the molecule is CC(C)[C@H](NC(=O)[C@@H]1CC(=O)N(c2ccccc2)C1)C(=O)N[C@@H]1CCS(=O)(=O)C1. The van der Waals surface area contributed by atoms with Crippen molar-refractivity contribution in [2.45, 2.75) is 38.8 Å². The standard InChI is InChI=1S/C20H27N3O5S/c1-13(2)18(20(26)21-15-8-9-29(27,28)12-15)22-19(25)14-10-17(24)23(11-14)16-6-4-3-5-7-16/h3-7,13-15,18H,8-12H2,1-2H3,(H,21,26)(H,22,25)/t14-,15-,18+/m1/s1. The Morgan fingerprint density at radius 2 is 1.86 bits per heavy atom. The second-order valence-corrected chi connectivity index (χ2v) is 10.3. The normalized spacial score (nSPS) is 24.5. The molecule has 2 heterocycles. The Hall–Kier alpha value is -2.42. The molecule has 3 amide bonds. The molecule has 29 heavy (non-hydrogen) atoms. The number of amides is 3. The predicted molar refractivity (Wildman–Crippen MR) is 109 cm³/mol. The molecule has 2 aliphatic heterocycles. The number of carbonyl (C=O) groups is 3. The molecule has 2 N–H and O–H groups in total. The Bertz CT molecular complexity index is 885. The van der Waals surface area contributed by atoms with Crippen LogP contribution in [0.2, 0.25) is 0 Å². The summed E-state index contributed by atoms with van der Waals surface area (Å²) in [5.74, 6) is -1.58. The van der Waals surface area contributed by atoms with E-state index in [1.165, 1.54) is 0 Å². The van der Waals surface area contributed by atoms with E-state index in [4.69, 9.17) is 0 Å². The Morgan fingerprint density at radius 3 is 2.45 bits per heavy atom. The molecule has 2 aliphatic rings. The highest BCUT2D eigenvalue weighted by Gasteiger charge is 2.38. The maximum absolute atomic E-state index is 12.8. The number of nitrogens with one attached hydrogen (secondary N) is 2. The Labute approximate surface area is 170 Å². The molecule has 0 radical (unpaired) electrons. The lowest BCUT2D eigenvalue weighted by molar-refractivity contribution is -0.132. The predicted octanol–water partition coefficient (Wildman–Crippen LogP) is 0.484. The molecule has 2 saturated heterocycles. The highest BCUT2D eigenvalue weighted by molar-refractivity contribution is 7.91. The molecule has 0 aliphatic carbocycles. The van der Waals surface area contributed by atoms with E-state index in [0.717, 1.165) is 5.69 Å². The van der Waals surface area contributed by atoms with Crippen molar-refractivity contribution in [1.82, 2.24) is 10.6 Å². The molecule has 3 rings (SSSR count). The van der Waals surface area contributed by atoms with E-state index in [0.29, 0.717) is 6.42 Å². The summed E-state index contributed by atoms with van der Waals surface area (Å²) in [5.41, 5.74) is 0.744. The Morgan fingerprint density at radius 1 is 1.17 bits per heavy atom. The second kappa shape index (κ2) is 8.52. The number of hydrogen-bond donors (Lipinski definition) is 2. The van der Waals surface area contributed by atoms with Crippen LogP contribution in [0.1, 0.15) is 26.7 Å². The molecule has 3 atom stereocenters. The summed E-state index contributed by atoms with van der Waals surface area (Å²) in [6.45, 7) is 3.89. The molecule has 0 saturated carbocycles. The highest BCUT2D eigenvalue weighted by atomic mass is 32.2. The van der Waals surface area contributed by atoms with Gasteiger partial charge in [-0.2, -0.15) is 0 Å². The van der Waals surface area contributed by atoms with Crippen LogP contribution in [0.4, 0.5) is 5.69 Å². The van der Waals surface area contributed by atoms with Crippen LogP contribution in [0, 0.1) is 11.8 Å². The zero-order valence-electron chi connectivity index (χ0n) is 16.6. The smallest absolute Gasteiger partial charge is 0.243 e. The number of rotatable bonds is 6. The van der Waals surface area contributed by atoms with E-state index >= 15 is 0 Å². The molecular formula is C20H27N3O5S. The lowest BCUT2D eigenvalue weighted by Crippen LogP contribution is -2.53. The van der Waals surface area contributed by atoms with Gasteiger partial charge in [0.15, 0.2) is 9.84 Å². The summed E-state index contributed by atoms with van der Waals surface area (Å²) in [6, 6.07) is 7.95. The molecule has 8 nitrogen and oxygen atoms in total. The van der Waals surface area contributed by atoms with Crippen molar-refractivity contribution in [3.63, 3.8) is 0 Å². The van der Waals surface area contributed by atoms with E-state index in [-0.39, 0.29) is 48.1 Å². The van der Waals surface area contributed by atoms with Gasteiger partial charge in [-0.3, -0.25) is 14.4 Å². The van der Waals surface area contributed by atoms with Crippen LogP contribution >= 0.6 is 0 Å². The van der Waals surface area contributed by atoms with E-state index in [9.17, 15) is 22.8 Å². The van der Waals surface area contributed by atoms with Crippen LogP contribution in [-0.4, -0.2) is 56.3 Å². The van der Waals surface area contributed by atoms with E-state index in [2.05, 4.69) is 10.6 Å². The lowest BCUT2D eigenvalue weighted by atomic mass is 10.0. The number of carbonyl (C=O) groups excluding carboxylic acids is 3. The molecule has 1 aromatic carbocycles. The van der Waals surface area contributed by atoms with Crippen LogP contribution in [0.25, 0.3) is 0 Å². The first-order chi connectivity index (χ1) is 13.7. The van der Waals surface area contributed by atoms with Gasteiger partial charge in [0.25, 0.3) is 0 Å². The topological polar surface area (TPSA) is 113 Å². The summed E-state index contributed by atoms with van der Waals surface area (Å²) in [5, 5.41) is 5.51. The first-order valence-corrected chi connectivity index (χ1v) is 11.6. The van der Waals surface area contributed by atoms with Crippen molar-refractivity contribution in [3.05, 3.63) is 30.3 Å². The third kappa shape index (κ3) is 5.14. The zero-order valence-corrected chi connectivity index (χ0v) is 17.4. The number of anilines is 1. The molecule has 0 spiro atoms. The molecule has 9 heteroatoms. The maximum atomic E-state index is 12.8. The summed E-state index contributed by atoms with van der Waals surface area (Å²) in [7, 11) is -3.11. The summed E-state index contributed by atoms with van der Waals surface area (Å²) in [6.07, 6.45) is 0.476. The molecule has 0 aromatic heterocycles. The average molecular weight is 422 g/mol. The van der Waals surface area contributed by atoms with Gasteiger partial charge in [-0.15, -0.1) is 0 Å². The minimum Gasteiger partial charge on any atom is -0.351 e. The van der Waals surface area contributed by atoms with Crippen molar-refractivity contribution >= 4 is 33.2 Å². The van der Waals surface area contributed by atoms with Crippen molar-refractivity contribution in [2.75, 3.05) is 23.0 Å². The summed E-state index contributed by atoms with van der Waals surface area (Å²) in [4.78, 5) is 39.3. The van der Waals surface area contributed by atoms with Gasteiger partial charge in [0, 0.05) is 24.7 Å². The van der Waals surface area contributed by atoms with Crippen molar-refractivity contribution in [2.24, 2.45) is 11.8 Å². The second-order valence-electron chi connectivity index (χ2n) is 8.08. The fourth-order valence-electron chi connectivity index (χ4n) is 3.75. The Kier molecular flexibility index (Phi) is 6.26. The highest BCUT2D eigenvalue weighted by Crippen LogP contribution is 2.25. The number of hydrogen-bond acceptors (Lipinski definition) is 5. The molecular weight excluding hydrogens is 394 g/mol. The van der Waals surface area contributed by atoms with Crippen LogP contribution in [0.15, 0.2) is 30.3 Å². The minimum absolute atomic E-state index is 0.0656. The quantitative estimate of drug-likeness (QED) is 0.694. The van der Waals surface area contributed by atoms with Crippen molar-refractivity contribution < 1.29 is 22.8 Å². The first-order valence-electron chi connectivity index (χ1n) is 9.83. The fourth-order valence-corrected chi connectivity index (χ4v) is 5.42. The van der Waals surface area contributed by atoms with Crippen molar-refractivity contribution in [1.29, 1.82) is 0 Å². The van der Waals surface area contributed by atoms with E-state index in [1.54, 1.807) is 4.90 Å². The van der Waals surface area contributed by atoms with Gasteiger partial charge < -0.3 is 15.5 Å².